The molecule has 0 spiro atoms. The van der Waals surface area contributed by atoms with Crippen molar-refractivity contribution in [1.29, 1.82) is 5.26 Å². The fourth-order valence-corrected chi connectivity index (χ4v) is 2.50. The van der Waals surface area contributed by atoms with Crippen LogP contribution in [0.1, 0.15) is 5.56 Å². The fraction of sp³-hybridized carbons (Fsp3) is 0.111. The van der Waals surface area contributed by atoms with E-state index in [2.05, 4.69) is 10.3 Å². The molecule has 0 fully saturated rings. The number of ether oxygens (including phenoxy) is 1. The van der Waals surface area contributed by atoms with Crippen molar-refractivity contribution in [3.05, 3.63) is 64.5 Å². The number of nitro benzene ring substituents is 1. The Morgan fingerprint density at radius 2 is 2.07 bits per heavy atom. The lowest BCUT2D eigenvalue weighted by atomic mass is 10.1. The normalized spacial score (nSPS) is 10.2. The van der Waals surface area contributed by atoms with Crippen molar-refractivity contribution in [2.24, 2.45) is 0 Å². The molecular formula is C18H13N5O5. The molecular weight excluding hydrogens is 366 g/mol. The molecule has 2 aromatic carbocycles. The van der Waals surface area contributed by atoms with Gasteiger partial charge in [-0.15, -0.1) is 0 Å². The molecule has 1 heterocycles. The minimum atomic E-state index is -0.672. The van der Waals surface area contributed by atoms with Crippen molar-refractivity contribution in [2.45, 2.75) is 6.54 Å². The van der Waals surface area contributed by atoms with E-state index in [-0.39, 0.29) is 23.5 Å². The topological polar surface area (TPSA) is 140 Å². The monoisotopic (exact) mass is 379 g/mol. The number of nitrogens with one attached hydrogen (secondary N) is 1. The Balaban J connectivity index is 1.58. The van der Waals surface area contributed by atoms with E-state index in [1.54, 1.807) is 16.7 Å². The molecule has 0 unspecified atom stereocenters. The summed E-state index contributed by atoms with van der Waals surface area (Å²) in [5.74, 6) is -1.31. The van der Waals surface area contributed by atoms with Crippen LogP contribution in [0.25, 0.3) is 11.0 Å². The molecule has 0 aliphatic carbocycles. The second-order valence-electron chi connectivity index (χ2n) is 5.67. The number of fused-ring (bicyclic) bond motifs is 1. The van der Waals surface area contributed by atoms with Gasteiger partial charge in [0.15, 0.2) is 6.61 Å². The minimum Gasteiger partial charge on any atom is -0.454 e. The van der Waals surface area contributed by atoms with Gasteiger partial charge in [-0.05, 0) is 18.2 Å². The summed E-state index contributed by atoms with van der Waals surface area (Å²) in [4.78, 5) is 38.2. The van der Waals surface area contributed by atoms with Gasteiger partial charge in [-0.3, -0.25) is 19.7 Å². The van der Waals surface area contributed by atoms with Gasteiger partial charge in [-0.2, -0.15) is 5.26 Å². The van der Waals surface area contributed by atoms with E-state index >= 15 is 0 Å². The third kappa shape index (κ3) is 4.10. The average molecular weight is 379 g/mol. The van der Waals surface area contributed by atoms with Crippen LogP contribution in [-0.2, 0) is 20.9 Å². The highest BCUT2D eigenvalue weighted by atomic mass is 16.6. The lowest BCUT2D eigenvalue weighted by molar-refractivity contribution is -0.384. The Hall–Kier alpha value is -4.26. The summed E-state index contributed by atoms with van der Waals surface area (Å²) in [6.45, 7) is -0.678. The zero-order valence-corrected chi connectivity index (χ0v) is 14.4. The van der Waals surface area contributed by atoms with Crippen molar-refractivity contribution >= 4 is 34.3 Å². The summed E-state index contributed by atoms with van der Waals surface area (Å²) in [5.41, 5.74) is 1.24. The van der Waals surface area contributed by atoms with Gasteiger partial charge in [0.1, 0.15) is 12.6 Å². The Bertz CT molecular complexity index is 1110. The minimum absolute atomic E-state index is 0.0706. The van der Waals surface area contributed by atoms with E-state index in [1.165, 1.54) is 12.4 Å². The number of nitriles is 1. The number of imidazole rings is 1. The maximum absolute atomic E-state index is 12.0. The second-order valence-corrected chi connectivity index (χ2v) is 5.67. The first-order chi connectivity index (χ1) is 13.5. The number of nitrogens with zero attached hydrogens (tertiary/aromatic N) is 4. The van der Waals surface area contributed by atoms with Crippen molar-refractivity contribution < 1.29 is 19.2 Å². The lowest BCUT2D eigenvalue weighted by Crippen LogP contribution is -2.23. The number of para-hydroxylation sites is 2. The van der Waals surface area contributed by atoms with Gasteiger partial charge in [0.25, 0.3) is 11.6 Å². The summed E-state index contributed by atoms with van der Waals surface area (Å²) >= 11 is 0. The van der Waals surface area contributed by atoms with Crippen molar-refractivity contribution in [2.75, 3.05) is 11.9 Å². The van der Waals surface area contributed by atoms with Crippen LogP contribution < -0.4 is 5.32 Å². The third-order valence-corrected chi connectivity index (χ3v) is 3.80. The molecule has 0 aliphatic rings. The molecule has 0 saturated heterocycles. The number of rotatable bonds is 6. The molecule has 0 bridgehead atoms. The standard InChI is InChI=1S/C18H13N5O5/c19-8-12-7-13(23(26)27)5-6-14(12)21-17(24)10-28-18(25)9-22-11-20-15-3-1-2-4-16(15)22/h1-7,11H,9-10H2,(H,21,24). The van der Waals surface area contributed by atoms with Gasteiger partial charge in [-0.25, -0.2) is 4.98 Å². The fourth-order valence-electron chi connectivity index (χ4n) is 2.50. The maximum atomic E-state index is 12.0. The molecule has 10 heteroatoms. The Morgan fingerprint density at radius 1 is 1.29 bits per heavy atom. The van der Waals surface area contributed by atoms with E-state index in [1.807, 2.05) is 18.2 Å². The predicted molar refractivity (Wildman–Crippen MR) is 97.1 cm³/mol. The molecule has 3 aromatic rings. The molecule has 3 rings (SSSR count). The van der Waals surface area contributed by atoms with E-state index < -0.39 is 23.4 Å². The molecule has 0 atom stereocenters. The maximum Gasteiger partial charge on any atom is 0.326 e. The van der Waals surface area contributed by atoms with Crippen LogP contribution in [0.15, 0.2) is 48.8 Å². The quantitative estimate of drug-likeness (QED) is 0.392. The van der Waals surface area contributed by atoms with E-state index in [9.17, 15) is 19.7 Å². The summed E-state index contributed by atoms with van der Waals surface area (Å²) < 4.78 is 6.54. The van der Waals surface area contributed by atoms with E-state index in [0.717, 1.165) is 23.2 Å². The Labute approximate surface area is 158 Å². The Morgan fingerprint density at radius 3 is 2.82 bits per heavy atom. The molecule has 1 aromatic heterocycles. The lowest BCUT2D eigenvalue weighted by Gasteiger charge is -2.08. The summed E-state index contributed by atoms with van der Waals surface area (Å²) in [7, 11) is 0. The van der Waals surface area contributed by atoms with Gasteiger partial charge in [0.2, 0.25) is 0 Å². The van der Waals surface area contributed by atoms with Crippen LogP contribution in [0.4, 0.5) is 11.4 Å². The third-order valence-electron chi connectivity index (χ3n) is 3.80. The first kappa shape index (κ1) is 18.5. The molecule has 1 amide bonds. The highest BCUT2D eigenvalue weighted by molar-refractivity contribution is 5.94. The van der Waals surface area contributed by atoms with Gasteiger partial charge in [0.05, 0.1) is 33.5 Å². The number of esters is 1. The van der Waals surface area contributed by atoms with Crippen LogP contribution >= 0.6 is 0 Å². The first-order valence-electron chi connectivity index (χ1n) is 8.02. The summed E-state index contributed by atoms with van der Waals surface area (Å²) in [5, 5.41) is 22.2. The second kappa shape index (κ2) is 7.96. The molecule has 140 valence electrons. The van der Waals surface area contributed by atoms with Crippen molar-refractivity contribution in [3.63, 3.8) is 0 Å². The molecule has 0 aliphatic heterocycles. The molecule has 1 N–H and O–H groups in total. The zero-order chi connectivity index (χ0) is 20.1. The molecule has 10 nitrogen and oxygen atoms in total. The predicted octanol–water partition coefficient (Wildman–Crippen LogP) is 2.00. The highest BCUT2D eigenvalue weighted by Crippen LogP contribution is 2.21. The zero-order valence-electron chi connectivity index (χ0n) is 14.4. The number of non-ortho nitro benzene ring substituents is 1. The molecule has 0 saturated carbocycles. The van der Waals surface area contributed by atoms with Crippen molar-refractivity contribution in [1.82, 2.24) is 9.55 Å². The number of nitro groups is 1. The molecule has 0 radical (unpaired) electrons. The van der Waals surface area contributed by atoms with Crippen LogP contribution in [0.3, 0.4) is 0 Å². The molecule has 28 heavy (non-hydrogen) atoms. The number of anilines is 1. The van der Waals surface area contributed by atoms with Crippen LogP contribution in [0.5, 0.6) is 0 Å². The smallest absolute Gasteiger partial charge is 0.326 e. The first-order valence-corrected chi connectivity index (χ1v) is 8.02. The van der Waals surface area contributed by atoms with Gasteiger partial charge < -0.3 is 14.6 Å². The SMILES string of the molecule is N#Cc1cc([N+](=O)[O-])ccc1NC(=O)COC(=O)Cn1cnc2ccccc21. The number of hydrogen-bond acceptors (Lipinski definition) is 7. The summed E-state index contributed by atoms with van der Waals surface area (Å²) in [6.07, 6.45) is 1.50. The largest absolute Gasteiger partial charge is 0.454 e. The number of carbonyl (C=O) groups is 2. The van der Waals surface area contributed by atoms with E-state index in [0.29, 0.717) is 0 Å². The average Bonchev–Trinajstić information content (AvgIpc) is 3.09. The van der Waals surface area contributed by atoms with E-state index in [4.69, 9.17) is 10.00 Å². The van der Waals surface area contributed by atoms with Crippen LogP contribution in [0.2, 0.25) is 0 Å². The van der Waals surface area contributed by atoms with Crippen molar-refractivity contribution in [3.8, 4) is 6.07 Å². The van der Waals surface area contributed by atoms with Gasteiger partial charge in [-0.1, -0.05) is 12.1 Å². The van der Waals surface area contributed by atoms with Gasteiger partial charge in [0, 0.05) is 12.1 Å². The van der Waals surface area contributed by atoms with Crippen LogP contribution in [-0.4, -0.2) is 33.0 Å². The van der Waals surface area contributed by atoms with Gasteiger partial charge >= 0.3 is 5.97 Å². The highest BCUT2D eigenvalue weighted by Gasteiger charge is 2.14. The number of aromatic nitrogens is 2. The summed E-state index contributed by atoms with van der Waals surface area (Å²) in [6, 6.07) is 12.5. The van der Waals surface area contributed by atoms with Crippen LogP contribution in [0, 0.1) is 21.4 Å². The number of benzene rings is 2. The Kier molecular flexibility index (Phi) is 5.27. The number of hydrogen-bond donors (Lipinski definition) is 1. The number of amides is 1. The number of carbonyl (C=O) groups excluding carboxylic acids is 2.